The fraction of sp³-hybridized carbons (Fsp3) is 0.667. The fourth-order valence-electron chi connectivity index (χ4n) is 0. The molecule has 3 heteroatoms. The molecule has 6 heavy (non-hydrogen) atoms. The highest BCUT2D eigenvalue weighted by atomic mass is 79.9. The molecular weight excluding hydrogens is 212 g/mol. The zero-order valence-electron chi connectivity index (χ0n) is 3.24. The van der Waals surface area contributed by atoms with Crippen LogP contribution in [0, 0.1) is 0 Å². The number of aldehydes is 1. The lowest BCUT2D eigenvalue weighted by atomic mass is 10.6. The Kier molecular flexibility index (Phi) is 2.29. The SMILES string of the molecule is CC(Br)(Br)C=O. The van der Waals surface area contributed by atoms with Crippen LogP contribution in [0.4, 0.5) is 0 Å². The normalized spacial score (nSPS) is 11.2. The van der Waals surface area contributed by atoms with Crippen molar-refractivity contribution in [3.63, 3.8) is 0 Å². The van der Waals surface area contributed by atoms with Crippen molar-refractivity contribution in [3.8, 4) is 0 Å². The van der Waals surface area contributed by atoms with Crippen molar-refractivity contribution in [1.29, 1.82) is 0 Å². The summed E-state index contributed by atoms with van der Waals surface area (Å²) in [6.45, 7) is 1.71. The molecule has 36 valence electrons. The lowest BCUT2D eigenvalue weighted by Crippen LogP contribution is -2.03. The highest BCUT2D eigenvalue weighted by Gasteiger charge is 2.10. The lowest BCUT2D eigenvalue weighted by Gasteiger charge is -1.97. The maximum Gasteiger partial charge on any atom is 0.147 e. The molecule has 0 fully saturated rings. The number of carbonyl (C=O) groups is 1. The summed E-state index contributed by atoms with van der Waals surface area (Å²) in [6.07, 6.45) is 0.771. The third-order valence-electron chi connectivity index (χ3n) is 0.207. The second kappa shape index (κ2) is 2.07. The number of rotatable bonds is 1. The van der Waals surface area contributed by atoms with Crippen LogP contribution in [0.15, 0.2) is 0 Å². The van der Waals surface area contributed by atoms with Crippen LogP contribution in [0.1, 0.15) is 6.92 Å². The summed E-state index contributed by atoms with van der Waals surface area (Å²) in [4.78, 5) is 9.73. The van der Waals surface area contributed by atoms with Crippen LogP contribution in [0.3, 0.4) is 0 Å². The molecule has 0 saturated carbocycles. The molecule has 0 saturated heterocycles. The first-order chi connectivity index (χ1) is 2.56. The summed E-state index contributed by atoms with van der Waals surface area (Å²) >= 11 is 6.05. The van der Waals surface area contributed by atoms with Crippen LogP contribution in [0.2, 0.25) is 0 Å². The van der Waals surface area contributed by atoms with Crippen LogP contribution in [0.25, 0.3) is 0 Å². The minimum atomic E-state index is -0.514. The van der Waals surface area contributed by atoms with Gasteiger partial charge in [-0.25, -0.2) is 0 Å². The average molecular weight is 216 g/mol. The Morgan fingerprint density at radius 1 is 1.67 bits per heavy atom. The Hall–Kier alpha value is 0.630. The van der Waals surface area contributed by atoms with Gasteiger partial charge in [0.25, 0.3) is 0 Å². The maximum absolute atomic E-state index is 9.73. The van der Waals surface area contributed by atoms with Crippen molar-refractivity contribution in [2.45, 2.75) is 10.2 Å². The Balaban J connectivity index is 3.45. The van der Waals surface area contributed by atoms with Crippen LogP contribution in [-0.2, 0) is 4.79 Å². The summed E-state index contributed by atoms with van der Waals surface area (Å²) in [6, 6.07) is 0. The molecule has 0 radical (unpaired) electrons. The van der Waals surface area contributed by atoms with Crippen LogP contribution < -0.4 is 0 Å². The predicted molar refractivity (Wildman–Crippen MR) is 32.3 cm³/mol. The van der Waals surface area contributed by atoms with Crippen molar-refractivity contribution in [1.82, 2.24) is 0 Å². The van der Waals surface area contributed by atoms with E-state index < -0.39 is 3.23 Å². The van der Waals surface area contributed by atoms with Crippen LogP contribution in [-0.4, -0.2) is 9.52 Å². The van der Waals surface area contributed by atoms with Crippen molar-refractivity contribution >= 4 is 38.1 Å². The number of halogens is 2. The summed E-state index contributed by atoms with van der Waals surface area (Å²) < 4.78 is -0.514. The second-order valence-electron chi connectivity index (χ2n) is 1.07. The molecule has 0 spiro atoms. The molecule has 0 aromatic rings. The summed E-state index contributed by atoms with van der Waals surface area (Å²) in [5.74, 6) is 0. The molecule has 0 aromatic heterocycles. The van der Waals surface area contributed by atoms with Gasteiger partial charge in [-0.1, -0.05) is 31.9 Å². The van der Waals surface area contributed by atoms with E-state index in [1.54, 1.807) is 6.92 Å². The standard InChI is InChI=1S/C3H4Br2O/c1-3(4,5)2-6/h2H,1H3. The third kappa shape index (κ3) is 4.63. The number of hydrogen-bond acceptors (Lipinski definition) is 1. The van der Waals surface area contributed by atoms with Crippen molar-refractivity contribution in [3.05, 3.63) is 0 Å². The summed E-state index contributed by atoms with van der Waals surface area (Å²) in [5, 5.41) is 0. The van der Waals surface area contributed by atoms with Gasteiger partial charge < -0.3 is 4.79 Å². The predicted octanol–water partition coefficient (Wildman–Crippen LogP) is 1.69. The monoisotopic (exact) mass is 214 g/mol. The van der Waals surface area contributed by atoms with Crippen molar-refractivity contribution in [2.24, 2.45) is 0 Å². The molecule has 1 nitrogen and oxygen atoms in total. The molecular formula is C3H4Br2O. The molecule has 0 aliphatic heterocycles. The summed E-state index contributed by atoms with van der Waals surface area (Å²) in [5.41, 5.74) is 0. The lowest BCUT2D eigenvalue weighted by molar-refractivity contribution is -0.107. The van der Waals surface area contributed by atoms with E-state index in [0.717, 1.165) is 6.29 Å². The number of alkyl halides is 2. The third-order valence-corrected chi connectivity index (χ3v) is 0.581. The molecule has 0 aliphatic carbocycles. The highest BCUT2D eigenvalue weighted by molar-refractivity contribution is 9.25. The average Bonchev–Trinajstić information content (AvgIpc) is 1.35. The molecule has 0 heterocycles. The molecule has 0 aromatic carbocycles. The molecule has 0 rings (SSSR count). The van der Waals surface area contributed by atoms with Crippen LogP contribution in [0.5, 0.6) is 0 Å². The summed E-state index contributed by atoms with van der Waals surface area (Å²) in [7, 11) is 0. The van der Waals surface area contributed by atoms with E-state index in [-0.39, 0.29) is 0 Å². The first-order valence-corrected chi connectivity index (χ1v) is 2.99. The van der Waals surface area contributed by atoms with Gasteiger partial charge in [0.2, 0.25) is 0 Å². The van der Waals surface area contributed by atoms with Crippen molar-refractivity contribution < 1.29 is 4.79 Å². The van der Waals surface area contributed by atoms with Gasteiger partial charge in [0.05, 0.1) is 0 Å². The van der Waals surface area contributed by atoms with E-state index in [0.29, 0.717) is 0 Å². The quantitative estimate of drug-likeness (QED) is 0.481. The number of hydrogen-bond donors (Lipinski definition) is 0. The van der Waals surface area contributed by atoms with Gasteiger partial charge in [-0.05, 0) is 6.92 Å². The second-order valence-corrected chi connectivity index (χ2v) is 5.43. The first-order valence-electron chi connectivity index (χ1n) is 1.40. The van der Waals surface area contributed by atoms with Gasteiger partial charge in [0.15, 0.2) is 0 Å². The molecule has 0 amide bonds. The van der Waals surface area contributed by atoms with Gasteiger partial charge in [-0.2, -0.15) is 0 Å². The van der Waals surface area contributed by atoms with E-state index >= 15 is 0 Å². The zero-order valence-corrected chi connectivity index (χ0v) is 6.41. The number of carbonyl (C=O) groups excluding carboxylic acids is 1. The zero-order chi connectivity index (χ0) is 5.21. The Morgan fingerprint density at radius 3 is 1.83 bits per heavy atom. The molecule has 0 atom stereocenters. The Bertz CT molecular complexity index is 54.3. The van der Waals surface area contributed by atoms with Crippen LogP contribution >= 0.6 is 31.9 Å². The van der Waals surface area contributed by atoms with E-state index in [4.69, 9.17) is 0 Å². The van der Waals surface area contributed by atoms with E-state index in [2.05, 4.69) is 31.9 Å². The fourth-order valence-corrected chi connectivity index (χ4v) is 0. The van der Waals surface area contributed by atoms with Gasteiger partial charge in [-0.3, -0.25) is 0 Å². The molecule has 0 N–H and O–H groups in total. The van der Waals surface area contributed by atoms with E-state index in [1.807, 2.05) is 0 Å². The minimum Gasteiger partial charge on any atom is -0.301 e. The Morgan fingerprint density at radius 2 is 1.83 bits per heavy atom. The van der Waals surface area contributed by atoms with E-state index in [1.165, 1.54) is 0 Å². The Labute approximate surface area is 53.4 Å². The topological polar surface area (TPSA) is 17.1 Å². The van der Waals surface area contributed by atoms with E-state index in [9.17, 15) is 4.79 Å². The van der Waals surface area contributed by atoms with Gasteiger partial charge in [0.1, 0.15) is 9.52 Å². The molecule has 0 bridgehead atoms. The molecule has 0 aliphatic rings. The van der Waals surface area contributed by atoms with Crippen molar-refractivity contribution in [2.75, 3.05) is 0 Å². The van der Waals surface area contributed by atoms with Gasteiger partial charge in [-0.15, -0.1) is 0 Å². The first kappa shape index (κ1) is 6.63. The van der Waals surface area contributed by atoms with Gasteiger partial charge >= 0.3 is 0 Å². The largest absolute Gasteiger partial charge is 0.301 e. The minimum absolute atomic E-state index is 0.514. The molecule has 0 unspecified atom stereocenters. The highest BCUT2D eigenvalue weighted by Crippen LogP contribution is 2.20. The smallest absolute Gasteiger partial charge is 0.147 e. The maximum atomic E-state index is 9.73. The van der Waals surface area contributed by atoms with Gasteiger partial charge in [0, 0.05) is 0 Å².